The summed E-state index contributed by atoms with van der Waals surface area (Å²) in [5, 5.41) is 6.31. The Morgan fingerprint density at radius 2 is 2.41 bits per heavy atom. The first-order valence-corrected chi connectivity index (χ1v) is 6.42. The van der Waals surface area contributed by atoms with Crippen molar-refractivity contribution in [1.82, 2.24) is 15.1 Å². The fourth-order valence-corrected chi connectivity index (χ4v) is 2.73. The number of piperidine rings is 1. The van der Waals surface area contributed by atoms with Crippen molar-refractivity contribution in [1.29, 1.82) is 0 Å². The van der Waals surface area contributed by atoms with Crippen LogP contribution < -0.4 is 5.76 Å². The third-order valence-corrected chi connectivity index (χ3v) is 4.02. The SMILES string of the molecule is CC1(CN2CCCC(c3n[nH]c(=O)o3)C2)CC1. The highest BCUT2D eigenvalue weighted by molar-refractivity contribution is 4.97. The molecule has 5 heteroatoms. The Morgan fingerprint density at radius 1 is 1.59 bits per heavy atom. The molecule has 0 bridgehead atoms. The van der Waals surface area contributed by atoms with Gasteiger partial charge < -0.3 is 9.32 Å². The van der Waals surface area contributed by atoms with E-state index >= 15 is 0 Å². The van der Waals surface area contributed by atoms with E-state index in [-0.39, 0.29) is 5.92 Å². The Labute approximate surface area is 100 Å². The number of aromatic nitrogens is 2. The molecule has 5 nitrogen and oxygen atoms in total. The van der Waals surface area contributed by atoms with Gasteiger partial charge in [0.1, 0.15) is 0 Å². The van der Waals surface area contributed by atoms with Crippen LogP contribution in [0, 0.1) is 5.41 Å². The summed E-state index contributed by atoms with van der Waals surface area (Å²) in [7, 11) is 0. The lowest BCUT2D eigenvalue weighted by atomic mass is 9.96. The predicted octanol–water partition coefficient (Wildman–Crippen LogP) is 1.34. The highest BCUT2D eigenvalue weighted by Crippen LogP contribution is 2.46. The molecule has 17 heavy (non-hydrogen) atoms. The topological polar surface area (TPSA) is 62.1 Å². The van der Waals surface area contributed by atoms with Crippen LogP contribution >= 0.6 is 0 Å². The summed E-state index contributed by atoms with van der Waals surface area (Å²) >= 11 is 0. The van der Waals surface area contributed by atoms with Gasteiger partial charge in [0.25, 0.3) is 0 Å². The lowest BCUT2D eigenvalue weighted by Gasteiger charge is -2.32. The predicted molar refractivity (Wildman–Crippen MR) is 62.9 cm³/mol. The van der Waals surface area contributed by atoms with Gasteiger partial charge in [-0.2, -0.15) is 0 Å². The Hall–Kier alpha value is -1.10. The molecule has 2 fully saturated rings. The van der Waals surface area contributed by atoms with Crippen molar-refractivity contribution >= 4 is 0 Å². The summed E-state index contributed by atoms with van der Waals surface area (Å²) in [4.78, 5) is 13.5. The average Bonchev–Trinajstić information content (AvgIpc) is 2.87. The maximum Gasteiger partial charge on any atom is 0.434 e. The molecule has 0 aromatic carbocycles. The first-order chi connectivity index (χ1) is 8.15. The minimum absolute atomic E-state index is 0.282. The van der Waals surface area contributed by atoms with E-state index in [1.165, 1.54) is 25.9 Å². The molecule has 2 heterocycles. The summed E-state index contributed by atoms with van der Waals surface area (Å²) in [5.74, 6) is 0.428. The average molecular weight is 237 g/mol. The van der Waals surface area contributed by atoms with Crippen LogP contribution in [0.15, 0.2) is 9.21 Å². The van der Waals surface area contributed by atoms with Gasteiger partial charge in [-0.05, 0) is 37.6 Å². The monoisotopic (exact) mass is 237 g/mol. The second-order valence-corrected chi connectivity index (χ2v) is 5.84. The number of aromatic amines is 1. The van der Waals surface area contributed by atoms with E-state index < -0.39 is 5.76 Å². The van der Waals surface area contributed by atoms with Crippen molar-refractivity contribution < 1.29 is 4.42 Å². The van der Waals surface area contributed by atoms with Gasteiger partial charge in [0.05, 0.1) is 5.92 Å². The van der Waals surface area contributed by atoms with Gasteiger partial charge in [-0.3, -0.25) is 0 Å². The van der Waals surface area contributed by atoms with Gasteiger partial charge in [-0.1, -0.05) is 6.92 Å². The Kier molecular flexibility index (Phi) is 2.58. The van der Waals surface area contributed by atoms with Crippen LogP contribution in [0.4, 0.5) is 0 Å². The third kappa shape index (κ3) is 2.44. The molecule has 1 aromatic heterocycles. The molecule has 94 valence electrons. The summed E-state index contributed by atoms with van der Waals surface area (Å²) in [6.45, 7) is 5.67. The van der Waals surface area contributed by atoms with E-state index in [0.29, 0.717) is 11.3 Å². The third-order valence-electron chi connectivity index (χ3n) is 4.02. The van der Waals surface area contributed by atoms with Gasteiger partial charge in [-0.15, -0.1) is 5.10 Å². The molecule has 1 aliphatic carbocycles. The fraction of sp³-hybridized carbons (Fsp3) is 0.833. The summed E-state index contributed by atoms with van der Waals surface area (Å²) in [6.07, 6.45) is 4.94. The lowest BCUT2D eigenvalue weighted by molar-refractivity contribution is 0.164. The number of hydrogen-bond donors (Lipinski definition) is 1. The number of likely N-dealkylation sites (tertiary alicyclic amines) is 1. The summed E-state index contributed by atoms with van der Waals surface area (Å²) in [5.41, 5.74) is 0.550. The summed E-state index contributed by atoms with van der Waals surface area (Å²) in [6, 6.07) is 0. The zero-order chi connectivity index (χ0) is 11.9. The van der Waals surface area contributed by atoms with Crippen molar-refractivity contribution in [3.63, 3.8) is 0 Å². The van der Waals surface area contributed by atoms with Crippen LogP contribution in [0.2, 0.25) is 0 Å². The largest absolute Gasteiger partial charge is 0.434 e. The van der Waals surface area contributed by atoms with Gasteiger partial charge in [0, 0.05) is 13.1 Å². The number of nitrogens with zero attached hydrogens (tertiary/aromatic N) is 2. The standard InChI is InChI=1S/C12H19N3O2/c1-12(4-5-12)8-15-6-2-3-9(7-15)10-13-14-11(16)17-10/h9H,2-8H2,1H3,(H,14,16). The Balaban J connectivity index is 1.65. The van der Waals surface area contributed by atoms with Crippen molar-refractivity contribution in [2.75, 3.05) is 19.6 Å². The molecule has 1 aliphatic heterocycles. The van der Waals surface area contributed by atoms with Crippen LogP contribution in [-0.4, -0.2) is 34.7 Å². The summed E-state index contributed by atoms with van der Waals surface area (Å²) < 4.78 is 5.07. The zero-order valence-corrected chi connectivity index (χ0v) is 10.2. The second-order valence-electron chi connectivity index (χ2n) is 5.84. The van der Waals surface area contributed by atoms with Crippen molar-refractivity contribution in [2.45, 2.75) is 38.5 Å². The minimum Gasteiger partial charge on any atom is -0.392 e. The van der Waals surface area contributed by atoms with Crippen LogP contribution in [-0.2, 0) is 0 Å². The van der Waals surface area contributed by atoms with E-state index in [1.807, 2.05) is 0 Å². The van der Waals surface area contributed by atoms with E-state index in [4.69, 9.17) is 4.42 Å². The number of hydrogen-bond acceptors (Lipinski definition) is 4. The fourth-order valence-electron chi connectivity index (χ4n) is 2.73. The Morgan fingerprint density at radius 3 is 3.06 bits per heavy atom. The molecule has 1 aromatic rings. The molecular formula is C12H19N3O2. The first-order valence-electron chi connectivity index (χ1n) is 6.42. The van der Waals surface area contributed by atoms with E-state index in [1.54, 1.807) is 0 Å². The van der Waals surface area contributed by atoms with E-state index in [0.717, 1.165) is 19.4 Å². The lowest BCUT2D eigenvalue weighted by Crippen LogP contribution is -2.37. The maximum absolute atomic E-state index is 11.0. The van der Waals surface area contributed by atoms with E-state index in [9.17, 15) is 4.79 Å². The molecular weight excluding hydrogens is 218 g/mol. The molecule has 1 unspecified atom stereocenters. The van der Waals surface area contributed by atoms with Gasteiger partial charge >= 0.3 is 5.76 Å². The quantitative estimate of drug-likeness (QED) is 0.861. The first kappa shape index (κ1) is 11.0. The molecule has 2 aliphatic rings. The van der Waals surface area contributed by atoms with Crippen molar-refractivity contribution in [3.8, 4) is 0 Å². The van der Waals surface area contributed by atoms with Crippen LogP contribution in [0.5, 0.6) is 0 Å². The minimum atomic E-state index is -0.439. The van der Waals surface area contributed by atoms with Crippen molar-refractivity contribution in [3.05, 3.63) is 16.4 Å². The van der Waals surface area contributed by atoms with Crippen molar-refractivity contribution in [2.24, 2.45) is 5.41 Å². The maximum atomic E-state index is 11.0. The molecule has 0 spiro atoms. The Bertz CT molecular complexity index is 447. The molecule has 1 saturated carbocycles. The van der Waals surface area contributed by atoms with Crippen LogP contribution in [0.3, 0.4) is 0 Å². The van der Waals surface area contributed by atoms with E-state index in [2.05, 4.69) is 22.0 Å². The zero-order valence-electron chi connectivity index (χ0n) is 10.2. The van der Waals surface area contributed by atoms with Gasteiger partial charge in [0.2, 0.25) is 5.89 Å². The molecule has 1 N–H and O–H groups in total. The smallest absolute Gasteiger partial charge is 0.392 e. The number of nitrogens with one attached hydrogen (secondary N) is 1. The molecule has 3 rings (SSSR count). The molecule has 1 atom stereocenters. The normalized spacial score (nSPS) is 28.2. The van der Waals surface area contributed by atoms with Gasteiger partial charge in [0.15, 0.2) is 0 Å². The molecule has 0 radical (unpaired) electrons. The van der Waals surface area contributed by atoms with Crippen LogP contribution in [0.25, 0.3) is 0 Å². The van der Waals surface area contributed by atoms with Gasteiger partial charge in [-0.25, -0.2) is 9.89 Å². The number of H-pyrrole nitrogens is 1. The highest BCUT2D eigenvalue weighted by atomic mass is 16.4. The highest BCUT2D eigenvalue weighted by Gasteiger charge is 2.39. The molecule has 0 amide bonds. The van der Waals surface area contributed by atoms with Crippen LogP contribution in [0.1, 0.15) is 44.4 Å². The molecule has 1 saturated heterocycles. The second kappa shape index (κ2) is 3.98. The number of rotatable bonds is 3.